The van der Waals surface area contributed by atoms with Gasteiger partial charge >= 0.3 is 0 Å². The molecule has 0 saturated carbocycles. The van der Waals surface area contributed by atoms with Gasteiger partial charge < -0.3 is 9.80 Å². The molecule has 0 aromatic rings. The number of piperidine rings is 1. The molecule has 102 valence electrons. The number of rotatable bonds is 6. The quantitative estimate of drug-likeness (QED) is 0.731. The Hall–Kier alpha value is 0.270. The van der Waals surface area contributed by atoms with Gasteiger partial charge in [0.25, 0.3) is 0 Å². The maximum Gasteiger partial charge on any atom is 0.00170 e. The van der Waals surface area contributed by atoms with E-state index >= 15 is 0 Å². The largest absolute Gasteiger partial charge is 0.306 e. The second-order valence-electron chi connectivity index (χ2n) is 6.15. The molecule has 0 aliphatic carbocycles. The van der Waals surface area contributed by atoms with Gasteiger partial charge in [-0.3, -0.25) is 0 Å². The topological polar surface area (TPSA) is 6.48 Å². The molecule has 1 atom stereocenters. The number of thiol groups is 1. The molecule has 1 saturated heterocycles. The van der Waals surface area contributed by atoms with Crippen molar-refractivity contribution in [3.8, 4) is 0 Å². The van der Waals surface area contributed by atoms with Crippen molar-refractivity contribution in [2.75, 3.05) is 46.0 Å². The molecule has 0 bridgehead atoms. The Kier molecular flexibility index (Phi) is 6.90. The van der Waals surface area contributed by atoms with Crippen LogP contribution >= 0.6 is 12.6 Å². The van der Waals surface area contributed by atoms with Crippen LogP contribution in [0.1, 0.15) is 26.7 Å². The van der Waals surface area contributed by atoms with Gasteiger partial charge in [-0.25, -0.2) is 0 Å². The fraction of sp³-hybridized carbons (Fsp3) is 1.00. The molecule has 1 rings (SSSR count). The Morgan fingerprint density at radius 3 is 2.35 bits per heavy atom. The van der Waals surface area contributed by atoms with Crippen LogP contribution in [-0.4, -0.2) is 55.8 Å². The number of hydrogen-bond donors (Lipinski definition) is 1. The summed E-state index contributed by atoms with van der Waals surface area (Å²) >= 11 is 4.47. The van der Waals surface area contributed by atoms with Crippen molar-refractivity contribution in [1.82, 2.24) is 9.80 Å². The highest BCUT2D eigenvalue weighted by atomic mass is 32.1. The SMILES string of the molecule is CC(C)C(CS)CN(C)CC1CCN(C)CC1. The smallest absolute Gasteiger partial charge is 0.00170 e. The van der Waals surface area contributed by atoms with Gasteiger partial charge in [-0.15, -0.1) is 0 Å². The summed E-state index contributed by atoms with van der Waals surface area (Å²) in [4.78, 5) is 4.97. The summed E-state index contributed by atoms with van der Waals surface area (Å²) in [5.74, 6) is 3.39. The molecule has 1 fully saturated rings. The van der Waals surface area contributed by atoms with E-state index in [1.807, 2.05) is 0 Å². The van der Waals surface area contributed by atoms with Crippen molar-refractivity contribution in [3.63, 3.8) is 0 Å². The Labute approximate surface area is 113 Å². The zero-order valence-electron chi connectivity index (χ0n) is 12.0. The lowest BCUT2D eigenvalue weighted by atomic mass is 9.94. The van der Waals surface area contributed by atoms with Crippen LogP contribution < -0.4 is 0 Å². The lowest BCUT2D eigenvalue weighted by Crippen LogP contribution is -2.38. The first-order chi connectivity index (χ1) is 8.02. The van der Waals surface area contributed by atoms with Crippen LogP contribution in [0.15, 0.2) is 0 Å². The van der Waals surface area contributed by atoms with E-state index in [4.69, 9.17) is 0 Å². The second kappa shape index (κ2) is 7.65. The Morgan fingerprint density at radius 1 is 1.29 bits per heavy atom. The zero-order chi connectivity index (χ0) is 12.8. The highest BCUT2D eigenvalue weighted by Gasteiger charge is 2.20. The minimum absolute atomic E-state index is 0.731. The van der Waals surface area contributed by atoms with Crippen LogP contribution in [0.3, 0.4) is 0 Å². The van der Waals surface area contributed by atoms with E-state index in [1.54, 1.807) is 0 Å². The van der Waals surface area contributed by atoms with Crippen LogP contribution in [0, 0.1) is 17.8 Å². The fourth-order valence-corrected chi connectivity index (χ4v) is 3.18. The van der Waals surface area contributed by atoms with Gasteiger partial charge in [0.15, 0.2) is 0 Å². The predicted molar refractivity (Wildman–Crippen MR) is 79.9 cm³/mol. The monoisotopic (exact) mass is 258 g/mol. The van der Waals surface area contributed by atoms with Gasteiger partial charge in [0.05, 0.1) is 0 Å². The molecule has 0 aromatic heterocycles. The molecule has 17 heavy (non-hydrogen) atoms. The minimum atomic E-state index is 0.731. The predicted octanol–water partition coefficient (Wildman–Crippen LogP) is 2.46. The van der Waals surface area contributed by atoms with Crippen LogP contribution in [0.4, 0.5) is 0 Å². The van der Waals surface area contributed by atoms with Crippen LogP contribution in [0.25, 0.3) is 0 Å². The molecule has 1 heterocycles. The summed E-state index contributed by atoms with van der Waals surface area (Å²) in [5, 5.41) is 0. The molecule has 1 unspecified atom stereocenters. The van der Waals surface area contributed by atoms with E-state index in [0.717, 1.165) is 23.5 Å². The summed E-state index contributed by atoms with van der Waals surface area (Å²) in [5.41, 5.74) is 0. The van der Waals surface area contributed by atoms with E-state index in [2.05, 4.69) is 50.4 Å². The van der Waals surface area contributed by atoms with Gasteiger partial charge in [-0.1, -0.05) is 13.8 Å². The van der Waals surface area contributed by atoms with Crippen molar-refractivity contribution in [1.29, 1.82) is 0 Å². The highest BCUT2D eigenvalue weighted by molar-refractivity contribution is 7.80. The normalized spacial score (nSPS) is 21.4. The van der Waals surface area contributed by atoms with Crippen LogP contribution in [-0.2, 0) is 0 Å². The maximum atomic E-state index is 4.47. The molecule has 0 amide bonds. The Balaban J connectivity index is 2.26. The van der Waals surface area contributed by atoms with E-state index in [-0.39, 0.29) is 0 Å². The first-order valence-corrected chi connectivity index (χ1v) is 7.64. The third-order valence-electron chi connectivity index (χ3n) is 4.13. The molecule has 3 heteroatoms. The van der Waals surface area contributed by atoms with Crippen molar-refractivity contribution in [3.05, 3.63) is 0 Å². The average Bonchev–Trinajstić information content (AvgIpc) is 2.28. The Morgan fingerprint density at radius 2 is 1.88 bits per heavy atom. The van der Waals surface area contributed by atoms with E-state index in [1.165, 1.54) is 39.0 Å². The molecule has 1 aliphatic heterocycles. The van der Waals surface area contributed by atoms with E-state index in [9.17, 15) is 0 Å². The minimum Gasteiger partial charge on any atom is -0.306 e. The fourth-order valence-electron chi connectivity index (χ4n) is 2.64. The molecular formula is C14H30N2S. The number of hydrogen-bond acceptors (Lipinski definition) is 3. The van der Waals surface area contributed by atoms with Crippen molar-refractivity contribution >= 4 is 12.6 Å². The van der Waals surface area contributed by atoms with Crippen molar-refractivity contribution in [2.24, 2.45) is 17.8 Å². The number of likely N-dealkylation sites (tertiary alicyclic amines) is 1. The first-order valence-electron chi connectivity index (χ1n) is 7.00. The van der Waals surface area contributed by atoms with Gasteiger partial charge in [0, 0.05) is 13.1 Å². The maximum absolute atomic E-state index is 4.47. The molecule has 0 spiro atoms. The second-order valence-corrected chi connectivity index (χ2v) is 6.52. The summed E-state index contributed by atoms with van der Waals surface area (Å²) in [7, 11) is 4.51. The first kappa shape index (κ1) is 15.3. The van der Waals surface area contributed by atoms with Gasteiger partial charge in [0.2, 0.25) is 0 Å². The summed E-state index contributed by atoms with van der Waals surface area (Å²) in [6.07, 6.45) is 2.74. The van der Waals surface area contributed by atoms with Crippen LogP contribution in [0.5, 0.6) is 0 Å². The number of nitrogens with zero attached hydrogens (tertiary/aromatic N) is 2. The Bertz CT molecular complexity index is 200. The van der Waals surface area contributed by atoms with Gasteiger partial charge in [0.1, 0.15) is 0 Å². The zero-order valence-corrected chi connectivity index (χ0v) is 12.9. The molecular weight excluding hydrogens is 228 g/mol. The van der Waals surface area contributed by atoms with Crippen LogP contribution in [0.2, 0.25) is 0 Å². The van der Waals surface area contributed by atoms with Crippen molar-refractivity contribution in [2.45, 2.75) is 26.7 Å². The van der Waals surface area contributed by atoms with E-state index in [0.29, 0.717) is 0 Å². The standard InChI is InChI=1S/C14H30N2S/c1-12(2)14(11-17)10-16(4)9-13-5-7-15(3)8-6-13/h12-14,17H,5-11H2,1-4H3. The average molecular weight is 258 g/mol. The highest BCUT2D eigenvalue weighted by Crippen LogP contribution is 2.19. The third kappa shape index (κ3) is 5.62. The molecule has 0 N–H and O–H groups in total. The summed E-state index contributed by atoms with van der Waals surface area (Å²) in [6.45, 7) is 9.64. The van der Waals surface area contributed by atoms with E-state index < -0.39 is 0 Å². The molecule has 0 radical (unpaired) electrons. The third-order valence-corrected chi connectivity index (χ3v) is 4.60. The summed E-state index contributed by atoms with van der Waals surface area (Å²) in [6, 6.07) is 0. The lowest BCUT2D eigenvalue weighted by molar-refractivity contribution is 0.161. The van der Waals surface area contributed by atoms with Crippen molar-refractivity contribution < 1.29 is 0 Å². The van der Waals surface area contributed by atoms with Gasteiger partial charge in [-0.2, -0.15) is 12.6 Å². The molecule has 2 nitrogen and oxygen atoms in total. The molecule has 1 aliphatic rings. The lowest BCUT2D eigenvalue weighted by Gasteiger charge is -2.33. The summed E-state index contributed by atoms with van der Waals surface area (Å²) < 4.78 is 0. The van der Waals surface area contributed by atoms with Gasteiger partial charge in [-0.05, 0) is 63.5 Å². The molecule has 0 aromatic carbocycles.